The van der Waals surface area contributed by atoms with Gasteiger partial charge in [-0.15, -0.1) is 0 Å². The van der Waals surface area contributed by atoms with Gasteiger partial charge < -0.3 is 16.0 Å². The molecule has 0 saturated heterocycles. The molecule has 0 bridgehead atoms. The molecule has 0 fully saturated rings. The van der Waals surface area contributed by atoms with Crippen molar-refractivity contribution in [1.82, 2.24) is 5.32 Å². The highest BCUT2D eigenvalue weighted by atomic mass is 35.5. The summed E-state index contributed by atoms with van der Waals surface area (Å²) in [5.74, 6) is -0.511. The minimum Gasteiger partial charge on any atom is -0.376 e. The highest BCUT2D eigenvalue weighted by Crippen LogP contribution is 2.21. The molecule has 0 saturated carbocycles. The van der Waals surface area contributed by atoms with Crippen molar-refractivity contribution in [2.45, 2.75) is 27.7 Å². The van der Waals surface area contributed by atoms with Crippen LogP contribution in [0, 0.1) is 27.7 Å². The van der Waals surface area contributed by atoms with Crippen molar-refractivity contribution < 1.29 is 9.59 Å². The second kappa shape index (κ2) is 8.72. The number of hydrogen-bond donors (Lipinski definition) is 3. The van der Waals surface area contributed by atoms with Gasteiger partial charge in [-0.2, -0.15) is 0 Å². The molecular formula is C20H24ClN3O2. The van der Waals surface area contributed by atoms with Crippen molar-refractivity contribution >= 4 is 34.8 Å². The Bertz CT molecular complexity index is 811. The summed E-state index contributed by atoms with van der Waals surface area (Å²) in [5.41, 5.74) is 5.73. The van der Waals surface area contributed by atoms with Crippen molar-refractivity contribution in [3.63, 3.8) is 0 Å². The zero-order valence-electron chi connectivity index (χ0n) is 15.5. The number of benzene rings is 2. The molecule has 5 nitrogen and oxygen atoms in total. The SMILES string of the molecule is Cc1cc(C)c(NC(=O)CNC(=O)CNc2ccc(Cl)cc2C)c(C)c1. The average Bonchev–Trinajstić information content (AvgIpc) is 2.55. The molecule has 0 aliphatic rings. The number of carbonyl (C=O) groups is 2. The van der Waals surface area contributed by atoms with Crippen LogP contribution in [-0.2, 0) is 9.59 Å². The predicted octanol–water partition coefficient (Wildman–Crippen LogP) is 3.74. The fourth-order valence-corrected chi connectivity index (χ4v) is 3.03. The second-order valence-corrected chi connectivity index (χ2v) is 6.85. The van der Waals surface area contributed by atoms with Gasteiger partial charge in [0.2, 0.25) is 11.8 Å². The molecule has 0 aromatic heterocycles. The van der Waals surface area contributed by atoms with Gasteiger partial charge in [-0.05, 0) is 62.6 Å². The average molecular weight is 374 g/mol. The summed E-state index contributed by atoms with van der Waals surface area (Å²) in [5, 5.41) is 9.16. The molecule has 0 spiro atoms. The topological polar surface area (TPSA) is 70.2 Å². The lowest BCUT2D eigenvalue weighted by molar-refractivity contribution is -0.122. The molecule has 3 N–H and O–H groups in total. The first-order chi connectivity index (χ1) is 12.3. The summed E-state index contributed by atoms with van der Waals surface area (Å²) in [6.07, 6.45) is 0. The van der Waals surface area contributed by atoms with Crippen LogP contribution in [0.3, 0.4) is 0 Å². The zero-order valence-corrected chi connectivity index (χ0v) is 16.3. The molecule has 0 atom stereocenters. The van der Waals surface area contributed by atoms with Gasteiger partial charge in [0.15, 0.2) is 0 Å². The van der Waals surface area contributed by atoms with Crippen LogP contribution in [0.15, 0.2) is 30.3 Å². The lowest BCUT2D eigenvalue weighted by Gasteiger charge is -2.13. The van der Waals surface area contributed by atoms with E-state index in [-0.39, 0.29) is 24.9 Å². The van der Waals surface area contributed by atoms with Crippen LogP contribution in [0.2, 0.25) is 5.02 Å². The van der Waals surface area contributed by atoms with Crippen molar-refractivity contribution in [1.29, 1.82) is 0 Å². The fourth-order valence-electron chi connectivity index (χ4n) is 2.80. The van der Waals surface area contributed by atoms with Crippen molar-refractivity contribution in [2.24, 2.45) is 0 Å². The largest absolute Gasteiger partial charge is 0.376 e. The Balaban J connectivity index is 1.83. The number of anilines is 2. The Labute approximate surface area is 159 Å². The summed E-state index contributed by atoms with van der Waals surface area (Å²) < 4.78 is 0. The van der Waals surface area contributed by atoms with Crippen LogP contribution < -0.4 is 16.0 Å². The standard InChI is InChI=1S/C20H24ClN3O2/c1-12-7-14(3)20(15(4)8-12)24-19(26)11-23-18(25)10-22-17-6-5-16(21)9-13(17)2/h5-9,22H,10-11H2,1-4H3,(H,23,25)(H,24,26). The molecule has 0 radical (unpaired) electrons. The summed E-state index contributed by atoms with van der Waals surface area (Å²) in [6, 6.07) is 9.43. The van der Waals surface area contributed by atoms with E-state index in [0.29, 0.717) is 5.02 Å². The molecule has 0 unspecified atom stereocenters. The first-order valence-electron chi connectivity index (χ1n) is 8.40. The number of aryl methyl sites for hydroxylation is 4. The third-order valence-corrected chi connectivity index (χ3v) is 4.25. The van der Waals surface area contributed by atoms with Gasteiger partial charge in [-0.1, -0.05) is 29.3 Å². The maximum atomic E-state index is 12.1. The molecule has 0 heterocycles. The molecule has 2 rings (SSSR count). The van der Waals surface area contributed by atoms with Crippen molar-refractivity contribution in [3.8, 4) is 0 Å². The summed E-state index contributed by atoms with van der Waals surface area (Å²) in [7, 11) is 0. The minimum absolute atomic E-state index is 0.0765. The normalized spacial score (nSPS) is 10.3. The number of carbonyl (C=O) groups excluding carboxylic acids is 2. The number of halogens is 1. The van der Waals surface area contributed by atoms with Gasteiger partial charge >= 0.3 is 0 Å². The van der Waals surface area contributed by atoms with E-state index in [1.807, 2.05) is 52.0 Å². The van der Waals surface area contributed by atoms with E-state index in [2.05, 4.69) is 16.0 Å². The maximum absolute atomic E-state index is 12.1. The highest BCUT2D eigenvalue weighted by molar-refractivity contribution is 6.30. The summed E-state index contributed by atoms with van der Waals surface area (Å²) >= 11 is 5.91. The van der Waals surface area contributed by atoms with Gasteiger partial charge in [0, 0.05) is 16.4 Å². The second-order valence-electron chi connectivity index (χ2n) is 6.41. The number of rotatable bonds is 6. The van der Waals surface area contributed by atoms with Gasteiger partial charge in [-0.25, -0.2) is 0 Å². The molecule has 6 heteroatoms. The van der Waals surface area contributed by atoms with Crippen LogP contribution >= 0.6 is 11.6 Å². The molecule has 2 aromatic rings. The van der Waals surface area contributed by atoms with Crippen LogP contribution in [0.25, 0.3) is 0 Å². The van der Waals surface area contributed by atoms with E-state index in [0.717, 1.165) is 33.6 Å². The molecule has 2 aromatic carbocycles. The van der Waals surface area contributed by atoms with E-state index >= 15 is 0 Å². The Hall–Kier alpha value is -2.53. The fraction of sp³-hybridized carbons (Fsp3) is 0.300. The maximum Gasteiger partial charge on any atom is 0.243 e. The van der Waals surface area contributed by atoms with Crippen LogP contribution in [0.4, 0.5) is 11.4 Å². The molecule has 0 aliphatic carbocycles. The highest BCUT2D eigenvalue weighted by Gasteiger charge is 2.10. The van der Waals surface area contributed by atoms with Crippen molar-refractivity contribution in [2.75, 3.05) is 23.7 Å². The van der Waals surface area contributed by atoms with Gasteiger partial charge in [0.25, 0.3) is 0 Å². The van der Waals surface area contributed by atoms with E-state index in [1.54, 1.807) is 6.07 Å². The van der Waals surface area contributed by atoms with E-state index in [4.69, 9.17) is 11.6 Å². The molecule has 138 valence electrons. The van der Waals surface area contributed by atoms with Crippen LogP contribution in [0.1, 0.15) is 22.3 Å². The molecular weight excluding hydrogens is 350 g/mol. The van der Waals surface area contributed by atoms with Crippen LogP contribution in [-0.4, -0.2) is 24.9 Å². The number of amides is 2. The van der Waals surface area contributed by atoms with E-state index in [9.17, 15) is 9.59 Å². The number of nitrogens with one attached hydrogen (secondary N) is 3. The third-order valence-electron chi connectivity index (χ3n) is 4.02. The lowest BCUT2D eigenvalue weighted by Crippen LogP contribution is -2.36. The zero-order chi connectivity index (χ0) is 19.3. The Kier molecular flexibility index (Phi) is 6.64. The third kappa shape index (κ3) is 5.49. The van der Waals surface area contributed by atoms with Gasteiger partial charge in [0.05, 0.1) is 13.1 Å². The van der Waals surface area contributed by atoms with Gasteiger partial charge in [0.1, 0.15) is 0 Å². The Morgan fingerprint density at radius 3 is 2.15 bits per heavy atom. The van der Waals surface area contributed by atoms with Gasteiger partial charge in [-0.3, -0.25) is 9.59 Å². The summed E-state index contributed by atoms with van der Waals surface area (Å²) in [4.78, 5) is 24.1. The monoisotopic (exact) mass is 373 g/mol. The van der Waals surface area contributed by atoms with Crippen LogP contribution in [0.5, 0.6) is 0 Å². The Morgan fingerprint density at radius 1 is 0.885 bits per heavy atom. The first kappa shape index (κ1) is 19.8. The smallest absolute Gasteiger partial charge is 0.243 e. The minimum atomic E-state index is -0.258. The van der Waals surface area contributed by atoms with Crippen molar-refractivity contribution in [3.05, 3.63) is 57.6 Å². The lowest BCUT2D eigenvalue weighted by atomic mass is 10.1. The number of hydrogen-bond acceptors (Lipinski definition) is 3. The van der Waals surface area contributed by atoms with E-state index in [1.165, 1.54) is 0 Å². The predicted molar refractivity (Wildman–Crippen MR) is 107 cm³/mol. The molecule has 26 heavy (non-hydrogen) atoms. The summed E-state index contributed by atoms with van der Waals surface area (Å²) in [6.45, 7) is 7.83. The van der Waals surface area contributed by atoms with E-state index < -0.39 is 0 Å². The molecule has 0 aliphatic heterocycles. The first-order valence-corrected chi connectivity index (χ1v) is 8.78. The Morgan fingerprint density at radius 2 is 1.54 bits per heavy atom. The quantitative estimate of drug-likeness (QED) is 0.722. The molecule has 2 amide bonds.